The number of nitrogens with one attached hydrogen (secondary N) is 2. The first-order valence-electron chi connectivity index (χ1n) is 6.57. The van der Waals surface area contributed by atoms with Crippen LogP contribution < -0.4 is 15.4 Å². The molecule has 8 nitrogen and oxygen atoms in total. The maximum atomic E-state index is 11.5. The summed E-state index contributed by atoms with van der Waals surface area (Å²) in [7, 11) is 5.17. The quantitative estimate of drug-likeness (QED) is 0.721. The van der Waals surface area contributed by atoms with Crippen molar-refractivity contribution < 1.29 is 9.53 Å². The van der Waals surface area contributed by atoms with Crippen LogP contribution in [0, 0.1) is 0 Å². The molecule has 1 amide bonds. The van der Waals surface area contributed by atoms with Crippen LogP contribution in [0.5, 0.6) is 6.01 Å². The van der Waals surface area contributed by atoms with Crippen LogP contribution in [-0.4, -0.2) is 60.1 Å². The van der Waals surface area contributed by atoms with Gasteiger partial charge in [0.05, 0.1) is 6.61 Å². The van der Waals surface area contributed by atoms with Crippen LogP contribution in [-0.2, 0) is 4.79 Å². The summed E-state index contributed by atoms with van der Waals surface area (Å²) >= 11 is 0. The van der Waals surface area contributed by atoms with Gasteiger partial charge in [0, 0.05) is 34.1 Å². The Kier molecular flexibility index (Phi) is 6.48. The molecular weight excluding hydrogens is 260 g/mol. The molecule has 1 rings (SSSR count). The molecule has 0 radical (unpaired) electrons. The summed E-state index contributed by atoms with van der Waals surface area (Å²) in [6.07, 6.45) is 1.25. The minimum absolute atomic E-state index is 0.0443. The van der Waals surface area contributed by atoms with E-state index < -0.39 is 0 Å². The van der Waals surface area contributed by atoms with Gasteiger partial charge in [-0.25, -0.2) is 0 Å². The van der Waals surface area contributed by atoms with Gasteiger partial charge in [-0.1, -0.05) is 6.92 Å². The van der Waals surface area contributed by atoms with E-state index in [9.17, 15) is 4.79 Å². The van der Waals surface area contributed by atoms with E-state index in [1.807, 2.05) is 6.92 Å². The summed E-state index contributed by atoms with van der Waals surface area (Å²) in [5, 5.41) is 5.84. The molecule has 0 aromatic carbocycles. The van der Waals surface area contributed by atoms with Gasteiger partial charge in [-0.15, -0.1) is 0 Å². The van der Waals surface area contributed by atoms with Crippen LogP contribution in [0.2, 0.25) is 0 Å². The van der Waals surface area contributed by atoms with E-state index in [-0.39, 0.29) is 11.9 Å². The average molecular weight is 282 g/mol. The number of hydrogen-bond acceptors (Lipinski definition) is 7. The highest BCUT2D eigenvalue weighted by Crippen LogP contribution is 2.11. The molecule has 0 aliphatic heterocycles. The summed E-state index contributed by atoms with van der Waals surface area (Å²) in [5.41, 5.74) is 0. The van der Waals surface area contributed by atoms with Crippen LogP contribution in [0.3, 0.4) is 0 Å². The summed E-state index contributed by atoms with van der Waals surface area (Å²) in [5.74, 6) is 0.859. The first-order valence-corrected chi connectivity index (χ1v) is 6.57. The molecule has 0 aliphatic rings. The van der Waals surface area contributed by atoms with Gasteiger partial charge >= 0.3 is 6.01 Å². The summed E-state index contributed by atoms with van der Waals surface area (Å²) < 4.78 is 5.39. The molecule has 0 spiro atoms. The SMILES string of the molecule is CCCOc1nc(NC)nc(NCCC(=O)N(C)C)n1. The van der Waals surface area contributed by atoms with E-state index in [4.69, 9.17) is 4.74 Å². The minimum Gasteiger partial charge on any atom is -0.463 e. The fourth-order valence-electron chi connectivity index (χ4n) is 1.31. The first-order chi connectivity index (χ1) is 9.56. The predicted octanol–water partition coefficient (Wildman–Crippen LogP) is 0.592. The first kappa shape index (κ1) is 15.9. The highest BCUT2D eigenvalue weighted by molar-refractivity contribution is 5.75. The van der Waals surface area contributed by atoms with E-state index in [1.54, 1.807) is 26.0 Å². The van der Waals surface area contributed by atoms with E-state index in [1.165, 1.54) is 0 Å². The summed E-state index contributed by atoms with van der Waals surface area (Å²) in [4.78, 5) is 25.4. The zero-order valence-corrected chi connectivity index (χ0v) is 12.4. The molecule has 20 heavy (non-hydrogen) atoms. The number of nitrogens with zero attached hydrogens (tertiary/aromatic N) is 4. The molecule has 1 aromatic rings. The third-order valence-electron chi connectivity index (χ3n) is 2.39. The van der Waals surface area contributed by atoms with Crippen molar-refractivity contribution in [2.45, 2.75) is 19.8 Å². The second-order valence-electron chi connectivity index (χ2n) is 4.33. The average Bonchev–Trinajstić information content (AvgIpc) is 2.44. The van der Waals surface area contributed by atoms with Gasteiger partial charge in [-0.05, 0) is 6.42 Å². The van der Waals surface area contributed by atoms with Crippen molar-refractivity contribution in [3.05, 3.63) is 0 Å². The fourth-order valence-corrected chi connectivity index (χ4v) is 1.31. The molecule has 0 bridgehead atoms. The normalized spacial score (nSPS) is 10.0. The van der Waals surface area contributed by atoms with Gasteiger partial charge in [0.1, 0.15) is 0 Å². The van der Waals surface area contributed by atoms with Crippen molar-refractivity contribution >= 4 is 17.8 Å². The fraction of sp³-hybridized carbons (Fsp3) is 0.667. The smallest absolute Gasteiger partial charge is 0.323 e. The summed E-state index contributed by atoms with van der Waals surface area (Å²) in [6, 6.07) is 0.271. The predicted molar refractivity (Wildman–Crippen MR) is 77.0 cm³/mol. The Morgan fingerprint density at radius 1 is 1.25 bits per heavy atom. The molecule has 0 saturated heterocycles. The highest BCUT2D eigenvalue weighted by atomic mass is 16.5. The number of anilines is 2. The Labute approximate surface area is 119 Å². The molecule has 112 valence electrons. The number of carbonyl (C=O) groups is 1. The van der Waals surface area contributed by atoms with Crippen LogP contribution in [0.25, 0.3) is 0 Å². The van der Waals surface area contributed by atoms with Crippen molar-refractivity contribution in [1.82, 2.24) is 19.9 Å². The molecular formula is C12H22N6O2. The van der Waals surface area contributed by atoms with E-state index in [2.05, 4.69) is 25.6 Å². The van der Waals surface area contributed by atoms with Crippen LogP contribution in [0.4, 0.5) is 11.9 Å². The van der Waals surface area contributed by atoms with E-state index in [0.29, 0.717) is 31.5 Å². The van der Waals surface area contributed by atoms with Gasteiger partial charge in [-0.3, -0.25) is 4.79 Å². The van der Waals surface area contributed by atoms with Crippen LogP contribution in [0.1, 0.15) is 19.8 Å². The maximum absolute atomic E-state index is 11.5. The lowest BCUT2D eigenvalue weighted by Crippen LogP contribution is -2.24. The second kappa shape index (κ2) is 8.13. The Hall–Kier alpha value is -2.12. The second-order valence-corrected chi connectivity index (χ2v) is 4.33. The minimum atomic E-state index is 0.0443. The Bertz CT molecular complexity index is 438. The third-order valence-corrected chi connectivity index (χ3v) is 2.39. The van der Waals surface area contributed by atoms with E-state index in [0.717, 1.165) is 6.42 Å². The molecule has 1 heterocycles. The van der Waals surface area contributed by atoms with Crippen molar-refractivity contribution in [2.75, 3.05) is 44.9 Å². The molecule has 0 fully saturated rings. The molecule has 0 aliphatic carbocycles. The Balaban J connectivity index is 2.61. The molecule has 0 atom stereocenters. The largest absolute Gasteiger partial charge is 0.463 e. The zero-order valence-electron chi connectivity index (χ0n) is 12.4. The molecule has 0 unspecified atom stereocenters. The van der Waals surface area contributed by atoms with Gasteiger partial charge in [0.15, 0.2) is 0 Å². The zero-order chi connectivity index (χ0) is 15.0. The number of rotatable bonds is 8. The lowest BCUT2D eigenvalue weighted by molar-refractivity contribution is -0.128. The maximum Gasteiger partial charge on any atom is 0.323 e. The van der Waals surface area contributed by atoms with Gasteiger partial charge in [-0.2, -0.15) is 15.0 Å². The van der Waals surface area contributed by atoms with Crippen molar-refractivity contribution in [1.29, 1.82) is 0 Å². The Morgan fingerprint density at radius 3 is 2.55 bits per heavy atom. The van der Waals surface area contributed by atoms with Crippen molar-refractivity contribution in [2.24, 2.45) is 0 Å². The van der Waals surface area contributed by atoms with Gasteiger partial charge in [0.25, 0.3) is 0 Å². The third kappa shape index (κ3) is 5.25. The number of aromatic nitrogens is 3. The number of ether oxygens (including phenoxy) is 1. The standard InChI is InChI=1S/C12H22N6O2/c1-5-8-20-12-16-10(13-2)15-11(17-12)14-7-6-9(19)18(3)4/h5-8H2,1-4H3,(H2,13,14,15,16,17). The van der Waals surface area contributed by atoms with Crippen LogP contribution >= 0.6 is 0 Å². The summed E-state index contributed by atoms with van der Waals surface area (Å²) in [6.45, 7) is 3.01. The lowest BCUT2D eigenvalue weighted by atomic mass is 10.4. The monoisotopic (exact) mass is 282 g/mol. The Morgan fingerprint density at radius 2 is 1.95 bits per heavy atom. The molecule has 2 N–H and O–H groups in total. The van der Waals surface area contributed by atoms with Crippen molar-refractivity contribution in [3.63, 3.8) is 0 Å². The molecule has 1 aromatic heterocycles. The highest BCUT2D eigenvalue weighted by Gasteiger charge is 2.08. The lowest BCUT2D eigenvalue weighted by Gasteiger charge is -2.11. The number of carbonyl (C=O) groups excluding carboxylic acids is 1. The molecule has 8 heteroatoms. The van der Waals surface area contributed by atoms with Gasteiger partial charge in [0.2, 0.25) is 17.8 Å². The van der Waals surface area contributed by atoms with Crippen molar-refractivity contribution in [3.8, 4) is 6.01 Å². The number of hydrogen-bond donors (Lipinski definition) is 2. The number of amides is 1. The van der Waals surface area contributed by atoms with Gasteiger partial charge < -0.3 is 20.3 Å². The molecule has 0 saturated carbocycles. The van der Waals surface area contributed by atoms with E-state index >= 15 is 0 Å². The topological polar surface area (TPSA) is 92.3 Å². The van der Waals surface area contributed by atoms with Crippen LogP contribution in [0.15, 0.2) is 0 Å².